The summed E-state index contributed by atoms with van der Waals surface area (Å²) in [6.07, 6.45) is 2.37. The zero-order chi connectivity index (χ0) is 20.9. The number of hydrogen-bond acceptors (Lipinski definition) is 3. The van der Waals surface area contributed by atoms with Gasteiger partial charge in [0.2, 0.25) is 0 Å². The monoisotopic (exact) mass is 415 g/mol. The molecule has 5 nitrogen and oxygen atoms in total. The third-order valence-electron chi connectivity index (χ3n) is 5.81. The van der Waals surface area contributed by atoms with Crippen molar-refractivity contribution in [1.82, 2.24) is 4.57 Å². The molecule has 3 aromatic rings. The van der Waals surface area contributed by atoms with Gasteiger partial charge < -0.3 is 10.2 Å². The molecule has 0 bridgehead atoms. The molecule has 7 heteroatoms. The number of carbonyl (C=O) groups excluding carboxylic acids is 1. The minimum Gasteiger partial charge on any atom is -0.505 e. The van der Waals surface area contributed by atoms with Crippen molar-refractivity contribution in [3.63, 3.8) is 0 Å². The molecule has 0 radical (unpaired) electrons. The number of benzene rings is 2. The Morgan fingerprint density at radius 2 is 1.97 bits per heavy atom. The Bertz CT molecular complexity index is 1150. The average molecular weight is 416 g/mol. The number of hydrogen-bond donors (Lipinski definition) is 2. The Kier molecular flexibility index (Phi) is 4.82. The first-order valence-electron chi connectivity index (χ1n) is 9.36. The van der Waals surface area contributed by atoms with Crippen LogP contribution in [0.2, 0.25) is 5.02 Å². The van der Waals surface area contributed by atoms with Crippen LogP contribution in [0.3, 0.4) is 0 Å². The summed E-state index contributed by atoms with van der Waals surface area (Å²) in [6.45, 7) is 1.61. The maximum atomic E-state index is 15.0. The van der Waals surface area contributed by atoms with Gasteiger partial charge in [0.15, 0.2) is 11.6 Å². The second-order valence-electron chi connectivity index (χ2n) is 7.45. The molecule has 1 heterocycles. The van der Waals surface area contributed by atoms with E-state index in [0.29, 0.717) is 16.3 Å². The fraction of sp³-hybridized carbons (Fsp3) is 0.273. The van der Waals surface area contributed by atoms with Gasteiger partial charge in [-0.25, -0.2) is 4.39 Å². The molecule has 0 amide bonds. The molecule has 2 N–H and O–H groups in total. The van der Waals surface area contributed by atoms with Crippen molar-refractivity contribution < 1.29 is 24.2 Å². The first-order valence-corrected chi connectivity index (χ1v) is 9.74. The van der Waals surface area contributed by atoms with E-state index in [1.165, 1.54) is 22.8 Å². The predicted octanol–water partition coefficient (Wildman–Crippen LogP) is 5.10. The molecule has 0 spiro atoms. The van der Waals surface area contributed by atoms with E-state index in [1.807, 2.05) is 0 Å². The molecule has 0 aliphatic heterocycles. The van der Waals surface area contributed by atoms with Crippen LogP contribution in [-0.4, -0.2) is 26.7 Å². The van der Waals surface area contributed by atoms with Gasteiger partial charge in [0.1, 0.15) is 0 Å². The summed E-state index contributed by atoms with van der Waals surface area (Å²) < 4.78 is 16.3. The summed E-state index contributed by atoms with van der Waals surface area (Å²) in [6, 6.07) is 8.98. The summed E-state index contributed by atoms with van der Waals surface area (Å²) in [4.78, 5) is 25.4. The first kappa shape index (κ1) is 19.5. The van der Waals surface area contributed by atoms with Crippen molar-refractivity contribution in [1.29, 1.82) is 0 Å². The van der Waals surface area contributed by atoms with Gasteiger partial charge in [-0.1, -0.05) is 24.1 Å². The molecular formula is C22H19ClFNO4. The highest BCUT2D eigenvalue weighted by Gasteiger charge is 2.39. The lowest BCUT2D eigenvalue weighted by Crippen LogP contribution is -2.27. The van der Waals surface area contributed by atoms with Crippen molar-refractivity contribution >= 4 is 34.4 Å². The van der Waals surface area contributed by atoms with Crippen molar-refractivity contribution in [3.8, 4) is 5.75 Å². The number of phenols is 1. The number of rotatable bonds is 4. The van der Waals surface area contributed by atoms with E-state index in [4.69, 9.17) is 11.6 Å². The summed E-state index contributed by atoms with van der Waals surface area (Å²) in [5.41, 5.74) is 1.13. The molecule has 1 saturated carbocycles. The van der Waals surface area contributed by atoms with E-state index in [0.717, 1.165) is 19.3 Å². The zero-order valence-corrected chi connectivity index (χ0v) is 16.4. The fourth-order valence-electron chi connectivity index (χ4n) is 4.21. The lowest BCUT2D eigenvalue weighted by Gasteiger charge is -2.31. The van der Waals surface area contributed by atoms with E-state index in [2.05, 4.69) is 0 Å². The molecule has 2 aromatic carbocycles. The zero-order valence-electron chi connectivity index (χ0n) is 15.7. The Labute approximate surface area is 171 Å². The fourth-order valence-corrected chi connectivity index (χ4v) is 4.40. The number of carboxylic acids is 1. The Balaban J connectivity index is 2.02. The number of aliphatic carboxylic acids is 1. The van der Waals surface area contributed by atoms with Crippen LogP contribution in [0.15, 0.2) is 36.4 Å². The highest BCUT2D eigenvalue weighted by atomic mass is 35.5. The Morgan fingerprint density at radius 1 is 1.24 bits per heavy atom. The molecule has 150 valence electrons. The maximum Gasteiger partial charge on any atom is 0.311 e. The predicted molar refractivity (Wildman–Crippen MR) is 107 cm³/mol. The SMILES string of the molecule is Cc1c(C(C(=O)O)C2CCC2)c2c(F)c(O)ccc2n1C(=O)c1cccc(Cl)c1. The minimum absolute atomic E-state index is 0.0165. The van der Waals surface area contributed by atoms with Crippen LogP contribution < -0.4 is 0 Å². The lowest BCUT2D eigenvalue weighted by molar-refractivity contribution is -0.141. The van der Waals surface area contributed by atoms with E-state index in [-0.39, 0.29) is 22.4 Å². The van der Waals surface area contributed by atoms with Crippen molar-refractivity contribution in [3.05, 3.63) is 64.1 Å². The standard InChI is InChI=1S/C22H19ClFNO4/c1-11-17(18(22(28)29)12-4-2-5-12)19-15(8-9-16(26)20(19)24)25(11)21(27)13-6-3-7-14(23)10-13/h3,6-10,12,18,26H,2,4-5H2,1H3,(H,28,29). The molecule has 0 saturated heterocycles. The highest BCUT2D eigenvalue weighted by molar-refractivity contribution is 6.31. The van der Waals surface area contributed by atoms with Crippen LogP contribution in [0, 0.1) is 18.7 Å². The topological polar surface area (TPSA) is 79.5 Å². The van der Waals surface area contributed by atoms with Gasteiger partial charge in [-0.3, -0.25) is 14.2 Å². The summed E-state index contributed by atoms with van der Waals surface area (Å²) in [5, 5.41) is 20.2. The minimum atomic E-state index is -1.06. The van der Waals surface area contributed by atoms with Gasteiger partial charge >= 0.3 is 5.97 Å². The largest absolute Gasteiger partial charge is 0.505 e. The third kappa shape index (κ3) is 3.08. The summed E-state index contributed by atoms with van der Waals surface area (Å²) in [7, 11) is 0. The number of carboxylic acid groups (broad SMARTS) is 1. The van der Waals surface area contributed by atoms with Gasteiger partial charge in [0.05, 0.1) is 11.4 Å². The number of nitrogens with zero attached hydrogens (tertiary/aromatic N) is 1. The van der Waals surface area contributed by atoms with E-state index < -0.39 is 29.4 Å². The molecule has 29 heavy (non-hydrogen) atoms. The van der Waals surface area contributed by atoms with Crippen molar-refractivity contribution in [2.24, 2.45) is 5.92 Å². The Hall–Kier alpha value is -2.86. The van der Waals surface area contributed by atoms with Crippen LogP contribution in [0.25, 0.3) is 10.9 Å². The van der Waals surface area contributed by atoms with Crippen LogP contribution in [0.4, 0.5) is 4.39 Å². The summed E-state index contributed by atoms with van der Waals surface area (Å²) >= 11 is 6.01. The van der Waals surface area contributed by atoms with Gasteiger partial charge in [-0.15, -0.1) is 0 Å². The van der Waals surface area contributed by atoms with E-state index in [1.54, 1.807) is 25.1 Å². The number of phenolic OH excluding ortho intramolecular Hbond substituents is 1. The second kappa shape index (κ2) is 7.19. The molecular weight excluding hydrogens is 397 g/mol. The second-order valence-corrected chi connectivity index (χ2v) is 7.89. The van der Waals surface area contributed by atoms with Gasteiger partial charge in [0.25, 0.3) is 5.91 Å². The molecule has 4 rings (SSSR count). The number of fused-ring (bicyclic) bond motifs is 1. The molecule has 1 atom stereocenters. The maximum absolute atomic E-state index is 15.0. The van der Waals surface area contributed by atoms with E-state index >= 15 is 4.39 Å². The van der Waals surface area contributed by atoms with Crippen molar-refractivity contribution in [2.45, 2.75) is 32.1 Å². The number of aromatic hydroxyl groups is 1. The number of aromatic nitrogens is 1. The lowest BCUT2D eigenvalue weighted by atomic mass is 9.72. The van der Waals surface area contributed by atoms with Crippen molar-refractivity contribution in [2.75, 3.05) is 0 Å². The first-order chi connectivity index (χ1) is 13.8. The van der Waals surface area contributed by atoms with Gasteiger partial charge in [0, 0.05) is 21.7 Å². The highest BCUT2D eigenvalue weighted by Crippen LogP contribution is 2.45. The summed E-state index contributed by atoms with van der Waals surface area (Å²) in [5.74, 6) is -4.07. The smallest absolute Gasteiger partial charge is 0.311 e. The van der Waals surface area contributed by atoms with Crippen LogP contribution in [-0.2, 0) is 4.79 Å². The average Bonchev–Trinajstić information content (AvgIpc) is 2.92. The normalized spacial score (nSPS) is 15.3. The Morgan fingerprint density at radius 3 is 2.55 bits per heavy atom. The van der Waals surface area contributed by atoms with Crippen LogP contribution in [0.5, 0.6) is 5.75 Å². The third-order valence-corrected chi connectivity index (χ3v) is 6.04. The molecule has 1 aromatic heterocycles. The van der Waals surface area contributed by atoms with Gasteiger partial charge in [-0.2, -0.15) is 0 Å². The quantitative estimate of drug-likeness (QED) is 0.621. The molecule has 1 aliphatic carbocycles. The van der Waals surface area contributed by atoms with Crippen LogP contribution >= 0.6 is 11.6 Å². The molecule has 1 fully saturated rings. The van der Waals surface area contributed by atoms with Gasteiger partial charge in [-0.05, 0) is 61.6 Å². The number of carbonyl (C=O) groups is 2. The molecule has 1 aliphatic rings. The number of halogens is 2. The van der Waals surface area contributed by atoms with Crippen LogP contribution in [0.1, 0.15) is 46.8 Å². The van der Waals surface area contributed by atoms with E-state index in [9.17, 15) is 19.8 Å². The molecule has 1 unspecified atom stereocenters.